The van der Waals surface area contributed by atoms with Crippen LogP contribution in [0.5, 0.6) is 0 Å². The second-order valence-electron chi connectivity index (χ2n) is 3.51. The molecule has 0 amide bonds. The van der Waals surface area contributed by atoms with Gasteiger partial charge in [0.05, 0.1) is 32.5 Å². The lowest BCUT2D eigenvalue weighted by molar-refractivity contribution is 0.203. The molecule has 1 aliphatic heterocycles. The molecule has 1 saturated heterocycles. The summed E-state index contributed by atoms with van der Waals surface area (Å²) in [5.41, 5.74) is 0. The van der Waals surface area contributed by atoms with Crippen molar-refractivity contribution in [1.82, 2.24) is 4.44 Å². The van der Waals surface area contributed by atoms with E-state index in [-0.39, 0.29) is 0 Å². The van der Waals surface area contributed by atoms with Crippen molar-refractivity contribution in [3.63, 3.8) is 0 Å². The highest BCUT2D eigenvalue weighted by atomic mass is 31.3. The van der Waals surface area contributed by atoms with Crippen molar-refractivity contribution in [3.8, 4) is 0 Å². The Balaban J connectivity index is 2.75. The molecule has 0 bridgehead atoms. The molecule has 1 unspecified atom stereocenters. The Morgan fingerprint density at radius 3 is 2.06 bits per heavy atom. The third-order valence-electron chi connectivity index (χ3n) is 2.42. The first-order valence-electron chi connectivity index (χ1n) is 5.70. The van der Waals surface area contributed by atoms with E-state index in [9.17, 15) is 4.57 Å². The van der Waals surface area contributed by atoms with E-state index < -0.39 is 15.4 Å². The fourth-order valence-corrected chi connectivity index (χ4v) is 7.78. The van der Waals surface area contributed by atoms with Crippen molar-refractivity contribution < 1.29 is 18.1 Å². The molecule has 0 aromatic heterocycles. The van der Waals surface area contributed by atoms with E-state index in [1.54, 1.807) is 0 Å². The second kappa shape index (κ2) is 5.90. The molecule has 0 N–H and O–H groups in total. The number of hydrogen-bond acceptors (Lipinski definition) is 4. The third-order valence-corrected chi connectivity index (χ3v) is 9.06. The van der Waals surface area contributed by atoms with Crippen LogP contribution in [0.15, 0.2) is 0 Å². The summed E-state index contributed by atoms with van der Waals surface area (Å²) in [6.07, 6.45) is 0.608. The minimum absolute atomic E-state index is 0.464. The second-order valence-corrected chi connectivity index (χ2v) is 8.90. The first-order chi connectivity index (χ1) is 7.52. The molecule has 1 fully saturated rings. The molecule has 0 radical (unpaired) electrons. The van der Waals surface area contributed by atoms with Crippen LogP contribution in [-0.2, 0) is 18.1 Å². The molecular formula is C9H22NO4P2+. The van der Waals surface area contributed by atoms with Crippen LogP contribution in [0.1, 0.15) is 20.8 Å². The van der Waals surface area contributed by atoms with Crippen LogP contribution in [-0.4, -0.2) is 43.6 Å². The molecule has 7 heteroatoms. The van der Waals surface area contributed by atoms with Gasteiger partial charge in [0.2, 0.25) is 0 Å². The van der Waals surface area contributed by atoms with Crippen molar-refractivity contribution in [1.29, 1.82) is 0 Å². The van der Waals surface area contributed by atoms with Crippen molar-refractivity contribution in [2.45, 2.75) is 20.8 Å². The third kappa shape index (κ3) is 2.84. The van der Waals surface area contributed by atoms with Crippen molar-refractivity contribution in [3.05, 3.63) is 0 Å². The zero-order valence-corrected chi connectivity index (χ0v) is 12.3. The molecule has 5 nitrogen and oxygen atoms in total. The smallest absolute Gasteiger partial charge is 0.316 e. The maximum absolute atomic E-state index is 12.4. The van der Waals surface area contributed by atoms with Crippen LogP contribution < -0.4 is 0 Å². The van der Waals surface area contributed by atoms with E-state index in [4.69, 9.17) is 13.6 Å². The van der Waals surface area contributed by atoms with Crippen molar-refractivity contribution in [2.24, 2.45) is 0 Å². The van der Waals surface area contributed by atoms with E-state index in [0.29, 0.717) is 26.0 Å². The van der Waals surface area contributed by atoms with Gasteiger partial charge in [0.25, 0.3) is 0 Å². The molecule has 0 aliphatic carbocycles. The zero-order chi connectivity index (χ0) is 12.2. The molecule has 1 heterocycles. The van der Waals surface area contributed by atoms with Gasteiger partial charge in [0.15, 0.2) is 0 Å². The van der Waals surface area contributed by atoms with E-state index in [1.165, 1.54) is 0 Å². The van der Waals surface area contributed by atoms with Gasteiger partial charge in [0.1, 0.15) is 6.66 Å². The maximum atomic E-state index is 12.4. The summed E-state index contributed by atoms with van der Waals surface area (Å²) in [7, 11) is -4.83. The highest BCUT2D eigenvalue weighted by Gasteiger charge is 2.60. The summed E-state index contributed by atoms with van der Waals surface area (Å²) in [5.74, 6) is 0. The van der Waals surface area contributed by atoms with Gasteiger partial charge < -0.3 is 4.52 Å². The molecule has 1 aliphatic rings. The van der Waals surface area contributed by atoms with Crippen molar-refractivity contribution >= 4 is 15.4 Å². The molecule has 0 spiro atoms. The average molecular weight is 270 g/mol. The summed E-state index contributed by atoms with van der Waals surface area (Å²) in [6, 6.07) is 0. The Morgan fingerprint density at radius 1 is 1.19 bits per heavy atom. The predicted octanol–water partition coefficient (Wildman–Crippen LogP) is 3.00. The number of rotatable bonds is 7. The van der Waals surface area contributed by atoms with Crippen LogP contribution in [0.4, 0.5) is 0 Å². The molecule has 0 aromatic rings. The molecule has 0 saturated carbocycles. The van der Waals surface area contributed by atoms with Crippen LogP contribution in [0.3, 0.4) is 0 Å². The lowest BCUT2D eigenvalue weighted by atomic mass is 10.8. The molecule has 16 heavy (non-hydrogen) atoms. The predicted molar refractivity (Wildman–Crippen MR) is 66.9 cm³/mol. The van der Waals surface area contributed by atoms with Gasteiger partial charge in [-0.15, -0.1) is 0 Å². The first kappa shape index (κ1) is 14.6. The summed E-state index contributed by atoms with van der Waals surface area (Å²) >= 11 is 0. The van der Waals surface area contributed by atoms with E-state index >= 15 is 0 Å². The summed E-state index contributed by atoms with van der Waals surface area (Å²) in [6.45, 7) is 9.93. The lowest BCUT2D eigenvalue weighted by Gasteiger charge is -2.40. The summed E-state index contributed by atoms with van der Waals surface area (Å²) in [4.78, 5) is 0. The Labute approximate surface area is 98.5 Å². The zero-order valence-electron chi connectivity index (χ0n) is 10.5. The highest BCUT2D eigenvalue weighted by molar-refractivity contribution is 7.76. The topological polar surface area (TPSA) is 48.0 Å². The van der Waals surface area contributed by atoms with Crippen LogP contribution in [0, 0.1) is 0 Å². The average Bonchev–Trinajstić information content (AvgIpc) is 2.16. The minimum Gasteiger partial charge on any atom is -0.316 e. The first-order valence-corrected chi connectivity index (χ1v) is 9.48. The number of nitrogens with zero attached hydrogens (tertiary/aromatic N) is 1. The Hall–Kier alpha value is 0.500. The van der Waals surface area contributed by atoms with Gasteiger partial charge in [0, 0.05) is 0 Å². The number of hydrogen-bond donors (Lipinski definition) is 0. The van der Waals surface area contributed by atoms with Gasteiger partial charge in [-0.1, -0.05) is 0 Å². The maximum Gasteiger partial charge on any atom is 0.353 e. The summed E-state index contributed by atoms with van der Waals surface area (Å²) in [5, 5.41) is 0. The van der Waals surface area contributed by atoms with Crippen LogP contribution in [0.2, 0.25) is 0 Å². The fraction of sp³-hybridized carbons (Fsp3) is 1.00. The minimum atomic E-state index is -2.65. The lowest BCUT2D eigenvalue weighted by Crippen LogP contribution is -2.38. The Bertz CT molecular complexity index is 268. The van der Waals surface area contributed by atoms with E-state index in [0.717, 1.165) is 6.54 Å². The van der Waals surface area contributed by atoms with Gasteiger partial charge in [-0.25, -0.2) is 0 Å². The van der Waals surface area contributed by atoms with Gasteiger partial charge in [-0.3, -0.25) is 4.57 Å². The van der Waals surface area contributed by atoms with Gasteiger partial charge in [-0.2, -0.15) is 9.05 Å². The quantitative estimate of drug-likeness (QED) is 0.665. The standard InChI is InChI=1S/C9H22NO4P2/c1-5-12-15(4,13-6-2)10-8-9-16(10,11)14-7-3/h5-9H2,1-4H3/q+1. The largest absolute Gasteiger partial charge is 0.353 e. The monoisotopic (exact) mass is 270 g/mol. The molecule has 0 aromatic carbocycles. The van der Waals surface area contributed by atoms with Crippen LogP contribution in [0.25, 0.3) is 0 Å². The molecule has 1 rings (SSSR count). The SMILES string of the molecule is CCOP1(=O)CCN1[P+](C)(OCC)OCC. The molecule has 96 valence electrons. The molecular weight excluding hydrogens is 248 g/mol. The van der Waals surface area contributed by atoms with Gasteiger partial charge in [-0.05, 0) is 25.2 Å². The van der Waals surface area contributed by atoms with Crippen molar-refractivity contribution in [2.75, 3.05) is 39.2 Å². The summed E-state index contributed by atoms with van der Waals surface area (Å²) < 4.78 is 30.9. The van der Waals surface area contributed by atoms with Gasteiger partial charge >= 0.3 is 15.4 Å². The Morgan fingerprint density at radius 2 is 1.75 bits per heavy atom. The fourth-order valence-electron chi connectivity index (χ4n) is 1.76. The highest BCUT2D eigenvalue weighted by Crippen LogP contribution is 2.77. The normalized spacial score (nSPS) is 26.8. The van der Waals surface area contributed by atoms with Crippen LogP contribution >= 0.6 is 15.4 Å². The Kier molecular flexibility index (Phi) is 5.37. The molecule has 1 atom stereocenters. The van der Waals surface area contributed by atoms with E-state index in [2.05, 4.69) is 0 Å². The van der Waals surface area contributed by atoms with E-state index in [1.807, 2.05) is 31.9 Å².